The van der Waals surface area contributed by atoms with Crippen molar-refractivity contribution in [1.82, 2.24) is 5.43 Å². The van der Waals surface area contributed by atoms with Crippen LogP contribution in [0.5, 0.6) is 11.5 Å². The van der Waals surface area contributed by atoms with E-state index in [2.05, 4.69) is 10.5 Å². The van der Waals surface area contributed by atoms with E-state index in [0.717, 1.165) is 11.6 Å². The predicted molar refractivity (Wildman–Crippen MR) is 117 cm³/mol. The predicted octanol–water partition coefficient (Wildman–Crippen LogP) is 3.89. The first kappa shape index (κ1) is 22.2. The second-order valence-electron chi connectivity index (χ2n) is 6.67. The molecule has 0 heterocycles. The Balaban J connectivity index is 1.71. The minimum absolute atomic E-state index is 0.0961. The molecule has 0 spiro atoms. The molecule has 162 valence electrons. The number of carbonyl (C=O) groups is 2. The first-order valence-electron chi connectivity index (χ1n) is 9.42. The topological polar surface area (TPSA) is 120 Å². The van der Waals surface area contributed by atoms with Crippen molar-refractivity contribution in [3.8, 4) is 11.5 Å². The Morgan fingerprint density at radius 3 is 2.44 bits per heavy atom. The average molecular weight is 433 g/mol. The van der Waals surface area contributed by atoms with Gasteiger partial charge in [-0.2, -0.15) is 5.10 Å². The van der Waals surface area contributed by atoms with Crippen molar-refractivity contribution in [2.75, 3.05) is 7.11 Å². The maximum atomic E-state index is 12.4. The molecule has 0 unspecified atom stereocenters. The standard InChI is InChI=1S/C23H19N3O6/c1-15-6-9-17(10-7-15)23(28)32-21-12-16(8-11-20(21)31-2)14-24-25-22(27)18-4-3-5-19(13-18)26(29)30/h3-14H,1-2H3,(H,25,27)/b24-14+. The summed E-state index contributed by atoms with van der Waals surface area (Å²) in [6, 6.07) is 17.0. The van der Waals surface area contributed by atoms with E-state index >= 15 is 0 Å². The molecule has 3 rings (SSSR count). The lowest BCUT2D eigenvalue weighted by molar-refractivity contribution is -0.384. The SMILES string of the molecule is COc1ccc(/C=N/NC(=O)c2cccc([N+](=O)[O-])c2)cc1OC(=O)c1ccc(C)cc1. The molecule has 9 nitrogen and oxygen atoms in total. The van der Waals surface area contributed by atoms with Gasteiger partial charge in [-0.05, 0) is 48.9 Å². The number of hydrogen-bond donors (Lipinski definition) is 1. The molecule has 3 aromatic rings. The number of nitrogens with zero attached hydrogens (tertiary/aromatic N) is 2. The molecule has 0 aromatic heterocycles. The first-order chi connectivity index (χ1) is 15.4. The monoisotopic (exact) mass is 433 g/mol. The van der Waals surface area contributed by atoms with E-state index in [0.29, 0.717) is 16.9 Å². The highest BCUT2D eigenvalue weighted by Gasteiger charge is 2.13. The van der Waals surface area contributed by atoms with Gasteiger partial charge in [-0.1, -0.05) is 23.8 Å². The smallest absolute Gasteiger partial charge is 0.343 e. The summed E-state index contributed by atoms with van der Waals surface area (Å²) < 4.78 is 10.7. The number of carbonyl (C=O) groups excluding carboxylic acids is 2. The molecule has 0 saturated heterocycles. The minimum atomic E-state index is -0.607. The zero-order valence-corrected chi connectivity index (χ0v) is 17.3. The van der Waals surface area contributed by atoms with Crippen LogP contribution in [0.3, 0.4) is 0 Å². The molecule has 9 heteroatoms. The molecule has 0 aliphatic carbocycles. The number of nitro benzene ring substituents is 1. The van der Waals surface area contributed by atoms with Crippen LogP contribution in [-0.4, -0.2) is 30.1 Å². The van der Waals surface area contributed by atoms with Crippen LogP contribution in [0.4, 0.5) is 5.69 Å². The van der Waals surface area contributed by atoms with Crippen molar-refractivity contribution in [1.29, 1.82) is 0 Å². The van der Waals surface area contributed by atoms with Gasteiger partial charge in [-0.15, -0.1) is 0 Å². The summed E-state index contributed by atoms with van der Waals surface area (Å²) in [6.07, 6.45) is 1.35. The van der Waals surface area contributed by atoms with Crippen molar-refractivity contribution in [2.24, 2.45) is 5.10 Å². The number of hydrogen-bond acceptors (Lipinski definition) is 7. The van der Waals surface area contributed by atoms with E-state index in [-0.39, 0.29) is 17.0 Å². The van der Waals surface area contributed by atoms with E-state index in [4.69, 9.17) is 9.47 Å². The number of nitrogens with one attached hydrogen (secondary N) is 1. The molecule has 0 fully saturated rings. The van der Waals surface area contributed by atoms with Crippen molar-refractivity contribution < 1.29 is 24.0 Å². The summed E-state index contributed by atoms with van der Waals surface area (Å²) in [6.45, 7) is 1.92. The van der Waals surface area contributed by atoms with Crippen LogP contribution in [0.2, 0.25) is 0 Å². The third kappa shape index (κ3) is 5.54. The molecule has 0 atom stereocenters. The van der Waals surface area contributed by atoms with Crippen LogP contribution < -0.4 is 14.9 Å². The third-order valence-electron chi connectivity index (χ3n) is 4.38. The number of non-ortho nitro benzene ring substituents is 1. The molecule has 0 radical (unpaired) electrons. The van der Waals surface area contributed by atoms with Gasteiger partial charge in [0, 0.05) is 17.7 Å². The van der Waals surface area contributed by atoms with Crippen LogP contribution in [-0.2, 0) is 0 Å². The molecule has 0 aliphatic heterocycles. The Morgan fingerprint density at radius 1 is 1.00 bits per heavy atom. The van der Waals surface area contributed by atoms with Crippen molar-refractivity contribution >= 4 is 23.8 Å². The summed E-state index contributed by atoms with van der Waals surface area (Å²) in [7, 11) is 1.45. The van der Waals surface area contributed by atoms with E-state index in [1.165, 1.54) is 37.6 Å². The van der Waals surface area contributed by atoms with E-state index in [9.17, 15) is 19.7 Å². The van der Waals surface area contributed by atoms with Gasteiger partial charge in [0.1, 0.15) is 0 Å². The molecule has 1 N–H and O–H groups in total. The number of aryl methyl sites for hydroxylation is 1. The first-order valence-corrected chi connectivity index (χ1v) is 9.42. The lowest BCUT2D eigenvalue weighted by atomic mass is 10.1. The summed E-state index contributed by atoms with van der Waals surface area (Å²) in [5, 5.41) is 14.7. The van der Waals surface area contributed by atoms with E-state index in [1.54, 1.807) is 36.4 Å². The largest absolute Gasteiger partial charge is 0.493 e. The molecule has 1 amide bonds. The molecule has 0 aliphatic rings. The maximum absolute atomic E-state index is 12.4. The van der Waals surface area contributed by atoms with Crippen molar-refractivity contribution in [3.63, 3.8) is 0 Å². The second kappa shape index (κ2) is 9.98. The van der Waals surface area contributed by atoms with Gasteiger partial charge < -0.3 is 9.47 Å². The summed E-state index contributed by atoms with van der Waals surface area (Å²) >= 11 is 0. The van der Waals surface area contributed by atoms with Crippen LogP contribution >= 0.6 is 0 Å². The second-order valence-corrected chi connectivity index (χ2v) is 6.67. The van der Waals surface area contributed by atoms with Gasteiger partial charge in [-0.25, -0.2) is 10.2 Å². The Labute approximate surface area is 183 Å². The lowest BCUT2D eigenvalue weighted by Gasteiger charge is -2.10. The van der Waals surface area contributed by atoms with Gasteiger partial charge in [0.15, 0.2) is 11.5 Å². The zero-order chi connectivity index (χ0) is 23.1. The van der Waals surface area contributed by atoms with Gasteiger partial charge in [0.2, 0.25) is 0 Å². The van der Waals surface area contributed by atoms with Crippen LogP contribution in [0.15, 0.2) is 71.8 Å². The van der Waals surface area contributed by atoms with Gasteiger partial charge in [0.05, 0.1) is 23.8 Å². The number of nitro groups is 1. The zero-order valence-electron chi connectivity index (χ0n) is 17.3. The fraction of sp³-hybridized carbons (Fsp3) is 0.0870. The highest BCUT2D eigenvalue weighted by Crippen LogP contribution is 2.28. The fourth-order valence-corrected chi connectivity index (χ4v) is 2.69. The third-order valence-corrected chi connectivity index (χ3v) is 4.38. The number of hydrazone groups is 1. The number of rotatable bonds is 7. The fourth-order valence-electron chi connectivity index (χ4n) is 2.69. The molecule has 3 aromatic carbocycles. The Bertz CT molecular complexity index is 1190. The molecule has 0 bridgehead atoms. The number of methoxy groups -OCH3 is 1. The normalized spacial score (nSPS) is 10.6. The van der Waals surface area contributed by atoms with E-state index < -0.39 is 16.8 Å². The average Bonchev–Trinajstić information content (AvgIpc) is 2.79. The number of benzene rings is 3. The Kier molecular flexibility index (Phi) is 6.92. The van der Waals surface area contributed by atoms with Gasteiger partial charge in [0.25, 0.3) is 11.6 Å². The van der Waals surface area contributed by atoms with Crippen molar-refractivity contribution in [2.45, 2.75) is 6.92 Å². The molecule has 32 heavy (non-hydrogen) atoms. The molecular formula is C23H19N3O6. The highest BCUT2D eigenvalue weighted by atomic mass is 16.6. The van der Waals surface area contributed by atoms with Gasteiger partial charge in [-0.3, -0.25) is 14.9 Å². The minimum Gasteiger partial charge on any atom is -0.493 e. The van der Waals surface area contributed by atoms with Crippen molar-refractivity contribution in [3.05, 3.63) is 99.1 Å². The van der Waals surface area contributed by atoms with Crippen LogP contribution in [0.1, 0.15) is 31.8 Å². The number of esters is 1. The quantitative estimate of drug-likeness (QED) is 0.198. The van der Waals surface area contributed by atoms with Crippen LogP contribution in [0, 0.1) is 17.0 Å². The van der Waals surface area contributed by atoms with Crippen LogP contribution in [0.25, 0.3) is 0 Å². The summed E-state index contributed by atoms with van der Waals surface area (Å²) in [5.41, 5.74) is 4.13. The maximum Gasteiger partial charge on any atom is 0.343 e. The Hall–Kier alpha value is -4.53. The Morgan fingerprint density at radius 2 is 1.75 bits per heavy atom. The van der Waals surface area contributed by atoms with E-state index in [1.807, 2.05) is 6.92 Å². The summed E-state index contributed by atoms with van der Waals surface area (Å²) in [4.78, 5) is 34.8. The molecule has 0 saturated carbocycles. The van der Waals surface area contributed by atoms with Gasteiger partial charge >= 0.3 is 5.97 Å². The summed E-state index contributed by atoms with van der Waals surface area (Å²) in [5.74, 6) is -0.615. The number of ether oxygens (including phenoxy) is 2. The highest BCUT2D eigenvalue weighted by molar-refractivity contribution is 5.95. The lowest BCUT2D eigenvalue weighted by Crippen LogP contribution is -2.17. The number of amides is 1. The molecular weight excluding hydrogens is 414 g/mol.